The number of hydrogen-bond acceptors (Lipinski definition) is 3. The number of aromatic nitrogens is 1. The Morgan fingerprint density at radius 1 is 0.886 bits per heavy atom. The van der Waals surface area contributed by atoms with Gasteiger partial charge >= 0.3 is 0 Å². The van der Waals surface area contributed by atoms with Gasteiger partial charge in [-0.2, -0.15) is 5.26 Å². The minimum atomic E-state index is -0.445. The Kier molecular flexibility index (Phi) is 5.98. The Morgan fingerprint density at radius 2 is 1.54 bits per heavy atom. The third-order valence-electron chi connectivity index (χ3n) is 5.72. The highest BCUT2D eigenvalue weighted by Gasteiger charge is 2.27. The van der Waals surface area contributed by atoms with Crippen LogP contribution >= 0.6 is 0 Å². The average molecular weight is 461 g/mol. The van der Waals surface area contributed by atoms with E-state index in [1.54, 1.807) is 12.3 Å². The number of carbonyl (C=O) groups is 1. The number of rotatable bonds is 6. The van der Waals surface area contributed by atoms with Gasteiger partial charge in [0.05, 0.1) is 18.5 Å². The Balaban J connectivity index is 1.76. The number of carbonyl (C=O) groups excluding carboxylic acids is 1. The molecule has 1 N–H and O–H groups in total. The van der Waals surface area contributed by atoms with Gasteiger partial charge in [0.25, 0.3) is 5.91 Å². The Hall–Kier alpha value is -4.89. The fourth-order valence-corrected chi connectivity index (χ4v) is 4.14. The highest BCUT2D eigenvalue weighted by Crippen LogP contribution is 2.42. The van der Waals surface area contributed by atoms with Crippen LogP contribution in [0.5, 0.6) is 0 Å². The van der Waals surface area contributed by atoms with Crippen LogP contribution in [0, 0.1) is 17.1 Å². The van der Waals surface area contributed by atoms with Crippen molar-refractivity contribution in [3.05, 3.63) is 126 Å². The van der Waals surface area contributed by atoms with Crippen molar-refractivity contribution in [2.45, 2.75) is 6.54 Å². The van der Waals surface area contributed by atoms with E-state index in [4.69, 9.17) is 4.42 Å². The molecule has 0 aliphatic carbocycles. The van der Waals surface area contributed by atoms with Crippen molar-refractivity contribution in [1.82, 2.24) is 4.57 Å². The van der Waals surface area contributed by atoms with Crippen molar-refractivity contribution >= 4 is 11.7 Å². The van der Waals surface area contributed by atoms with Crippen LogP contribution in [0.4, 0.5) is 10.2 Å². The predicted octanol–water partition coefficient (Wildman–Crippen LogP) is 6.73. The molecule has 2 aromatic heterocycles. The molecule has 5 rings (SSSR count). The topological polar surface area (TPSA) is 71.0 Å². The number of anilines is 1. The van der Waals surface area contributed by atoms with Crippen LogP contribution in [0.2, 0.25) is 0 Å². The van der Waals surface area contributed by atoms with Gasteiger partial charge in [-0.3, -0.25) is 4.79 Å². The van der Waals surface area contributed by atoms with Gasteiger partial charge in [0.2, 0.25) is 0 Å². The summed E-state index contributed by atoms with van der Waals surface area (Å²) in [5.41, 5.74) is 3.83. The van der Waals surface area contributed by atoms with Crippen LogP contribution < -0.4 is 5.32 Å². The minimum Gasteiger partial charge on any atom is -0.467 e. The van der Waals surface area contributed by atoms with E-state index in [1.807, 2.05) is 71.3 Å². The van der Waals surface area contributed by atoms with Gasteiger partial charge in [0.1, 0.15) is 29.0 Å². The Bertz CT molecular complexity index is 1500. The Morgan fingerprint density at radius 3 is 2.14 bits per heavy atom. The van der Waals surface area contributed by atoms with Crippen molar-refractivity contribution in [1.29, 1.82) is 5.26 Å². The smallest absolute Gasteiger partial charge is 0.256 e. The molecule has 2 heterocycles. The fourth-order valence-electron chi connectivity index (χ4n) is 4.14. The second kappa shape index (κ2) is 9.54. The lowest BCUT2D eigenvalue weighted by Gasteiger charge is -2.14. The molecule has 3 aromatic carbocycles. The van der Waals surface area contributed by atoms with Gasteiger partial charge in [0, 0.05) is 11.1 Å². The molecule has 5 nitrogen and oxygen atoms in total. The van der Waals surface area contributed by atoms with Crippen molar-refractivity contribution in [2.75, 3.05) is 5.32 Å². The third-order valence-corrected chi connectivity index (χ3v) is 5.72. The summed E-state index contributed by atoms with van der Waals surface area (Å²) in [5.74, 6) is 0.131. The number of nitriles is 1. The summed E-state index contributed by atoms with van der Waals surface area (Å²) in [6.07, 6.45) is 1.58. The molecule has 6 heteroatoms. The number of benzene rings is 3. The van der Waals surface area contributed by atoms with E-state index < -0.39 is 11.7 Å². The van der Waals surface area contributed by atoms with E-state index in [1.165, 1.54) is 24.3 Å². The molecule has 0 spiro atoms. The van der Waals surface area contributed by atoms with E-state index in [0.717, 1.165) is 16.8 Å². The molecule has 0 radical (unpaired) electrons. The molecular formula is C29H20FN3O2. The van der Waals surface area contributed by atoms with Gasteiger partial charge in [-0.05, 0) is 47.5 Å². The summed E-state index contributed by atoms with van der Waals surface area (Å²) in [6.45, 7) is 0.289. The van der Waals surface area contributed by atoms with Crippen LogP contribution in [0.1, 0.15) is 21.7 Å². The molecule has 0 fully saturated rings. The molecule has 0 saturated carbocycles. The zero-order chi connectivity index (χ0) is 24.2. The Labute approximate surface area is 201 Å². The maximum atomic E-state index is 13.4. The maximum absolute atomic E-state index is 13.4. The van der Waals surface area contributed by atoms with Crippen molar-refractivity contribution in [3.8, 4) is 28.5 Å². The number of hydrogen-bond donors (Lipinski definition) is 1. The molecular weight excluding hydrogens is 441 g/mol. The lowest BCUT2D eigenvalue weighted by Crippen LogP contribution is -2.16. The van der Waals surface area contributed by atoms with E-state index in [0.29, 0.717) is 22.7 Å². The summed E-state index contributed by atoms with van der Waals surface area (Å²) >= 11 is 0. The summed E-state index contributed by atoms with van der Waals surface area (Å²) in [6, 6.07) is 30.5. The molecule has 35 heavy (non-hydrogen) atoms. The second-order valence-electron chi connectivity index (χ2n) is 7.92. The first-order valence-electron chi connectivity index (χ1n) is 11.0. The summed E-state index contributed by atoms with van der Waals surface area (Å²) in [7, 11) is 0. The first kappa shape index (κ1) is 21.9. The molecule has 0 saturated heterocycles. The number of halogens is 1. The summed E-state index contributed by atoms with van der Waals surface area (Å²) in [5, 5.41) is 13.2. The van der Waals surface area contributed by atoms with Crippen LogP contribution in [-0.2, 0) is 6.54 Å². The largest absolute Gasteiger partial charge is 0.467 e. The molecule has 0 aliphatic heterocycles. The molecule has 1 amide bonds. The second-order valence-corrected chi connectivity index (χ2v) is 7.92. The van der Waals surface area contributed by atoms with Crippen LogP contribution in [-0.4, -0.2) is 10.5 Å². The average Bonchev–Trinajstić information content (AvgIpc) is 3.52. The first-order chi connectivity index (χ1) is 17.2. The van der Waals surface area contributed by atoms with Crippen LogP contribution in [0.25, 0.3) is 22.4 Å². The quantitative estimate of drug-likeness (QED) is 0.305. The highest BCUT2D eigenvalue weighted by atomic mass is 19.1. The normalized spacial score (nSPS) is 10.6. The SMILES string of the molecule is N#Cc1c(-c2ccccc2)c(-c2ccccc2)n(Cc2ccco2)c1NC(=O)c1ccc(F)cc1. The summed E-state index contributed by atoms with van der Waals surface area (Å²) < 4.78 is 20.9. The van der Waals surface area contributed by atoms with Crippen LogP contribution in [0.15, 0.2) is 108 Å². The minimum absolute atomic E-state index is 0.281. The third kappa shape index (κ3) is 4.35. The molecule has 0 bridgehead atoms. The monoisotopic (exact) mass is 461 g/mol. The lowest BCUT2D eigenvalue weighted by atomic mass is 9.98. The number of nitrogens with zero attached hydrogens (tertiary/aromatic N) is 2. The number of amides is 1. The predicted molar refractivity (Wildman–Crippen MR) is 132 cm³/mol. The molecule has 0 atom stereocenters. The van der Waals surface area contributed by atoms with E-state index >= 15 is 0 Å². The lowest BCUT2D eigenvalue weighted by molar-refractivity contribution is 0.102. The zero-order valence-corrected chi connectivity index (χ0v) is 18.6. The summed E-state index contributed by atoms with van der Waals surface area (Å²) in [4.78, 5) is 13.2. The van der Waals surface area contributed by atoms with Gasteiger partial charge in [-0.15, -0.1) is 0 Å². The number of furan rings is 1. The molecule has 170 valence electrons. The first-order valence-corrected chi connectivity index (χ1v) is 11.0. The van der Waals surface area contributed by atoms with Crippen molar-refractivity contribution in [3.63, 3.8) is 0 Å². The van der Waals surface area contributed by atoms with Crippen molar-refractivity contribution in [2.24, 2.45) is 0 Å². The van der Waals surface area contributed by atoms with Gasteiger partial charge in [0.15, 0.2) is 0 Å². The fraction of sp³-hybridized carbons (Fsp3) is 0.0345. The van der Waals surface area contributed by atoms with Crippen molar-refractivity contribution < 1.29 is 13.6 Å². The van der Waals surface area contributed by atoms with Gasteiger partial charge in [-0.1, -0.05) is 60.7 Å². The van der Waals surface area contributed by atoms with Gasteiger partial charge < -0.3 is 14.3 Å². The molecule has 5 aromatic rings. The van der Waals surface area contributed by atoms with E-state index in [-0.39, 0.29) is 12.1 Å². The van der Waals surface area contributed by atoms with E-state index in [2.05, 4.69) is 11.4 Å². The standard InChI is InChI=1S/C29H20FN3O2/c30-23-15-13-22(14-16-23)29(34)32-28-25(18-31)26(20-8-3-1-4-9-20)27(21-10-5-2-6-11-21)33(28)19-24-12-7-17-35-24/h1-17H,19H2,(H,32,34). The maximum Gasteiger partial charge on any atom is 0.256 e. The molecule has 0 aliphatic rings. The molecule has 0 unspecified atom stereocenters. The number of nitrogens with one attached hydrogen (secondary N) is 1. The zero-order valence-electron chi connectivity index (χ0n) is 18.6. The highest BCUT2D eigenvalue weighted by molar-refractivity contribution is 6.06. The van der Waals surface area contributed by atoms with Gasteiger partial charge in [-0.25, -0.2) is 4.39 Å². The van der Waals surface area contributed by atoms with Crippen LogP contribution in [0.3, 0.4) is 0 Å². The van der Waals surface area contributed by atoms with E-state index in [9.17, 15) is 14.4 Å².